The van der Waals surface area contributed by atoms with E-state index < -0.39 is 17.8 Å². The van der Waals surface area contributed by atoms with Crippen LogP contribution in [0.25, 0.3) is 0 Å². The van der Waals surface area contributed by atoms with Crippen molar-refractivity contribution in [2.45, 2.75) is 90.4 Å². The summed E-state index contributed by atoms with van der Waals surface area (Å²) in [5, 5.41) is 30.0. The molecule has 3 fully saturated rings. The zero-order valence-electron chi connectivity index (χ0n) is 19.2. The van der Waals surface area contributed by atoms with E-state index in [4.69, 9.17) is 0 Å². The van der Waals surface area contributed by atoms with Gasteiger partial charge in [-0.05, 0) is 98.8 Å². The molecule has 0 amide bonds. The molecule has 3 aliphatic rings. The minimum absolute atomic E-state index is 0.289. The molecule has 0 aromatic rings. The van der Waals surface area contributed by atoms with Crippen LogP contribution in [0.1, 0.15) is 72.6 Å². The minimum atomic E-state index is -0.823. The third kappa shape index (κ3) is 5.08. The lowest BCUT2D eigenvalue weighted by molar-refractivity contribution is 0.0862. The van der Waals surface area contributed by atoms with Gasteiger partial charge in [0.1, 0.15) is 0 Å². The summed E-state index contributed by atoms with van der Waals surface area (Å²) in [7, 11) is 0. The lowest BCUT2D eigenvalue weighted by Gasteiger charge is -2.44. The monoisotopic (exact) mass is 412 g/mol. The number of aliphatic hydroxyl groups is 3. The largest absolute Gasteiger partial charge is 0.393 e. The predicted octanol–water partition coefficient (Wildman–Crippen LogP) is 5.25. The molecule has 0 radical (unpaired) electrons. The molecule has 0 bridgehead atoms. The molecule has 0 unspecified atom stereocenters. The molecule has 3 heteroatoms. The molecule has 3 N–H and O–H groups in total. The van der Waals surface area contributed by atoms with Crippen LogP contribution in [0.5, 0.6) is 0 Å². The van der Waals surface area contributed by atoms with Crippen molar-refractivity contribution in [3.05, 3.63) is 53.3 Å². The van der Waals surface area contributed by atoms with Crippen LogP contribution < -0.4 is 0 Å². The van der Waals surface area contributed by atoms with Gasteiger partial charge in [0.15, 0.2) is 0 Å². The Morgan fingerprint density at radius 1 is 1.23 bits per heavy atom. The highest BCUT2D eigenvalue weighted by atomic mass is 16.3. The summed E-state index contributed by atoms with van der Waals surface area (Å²) in [6.45, 7) is 12.4. The summed E-state index contributed by atoms with van der Waals surface area (Å²) < 4.78 is 0. The predicted molar refractivity (Wildman–Crippen MR) is 123 cm³/mol. The summed E-state index contributed by atoms with van der Waals surface area (Å²) >= 11 is 0. The van der Waals surface area contributed by atoms with E-state index in [1.807, 2.05) is 0 Å². The fraction of sp³-hybridized carbons (Fsp3) is 0.667. The first-order chi connectivity index (χ1) is 14.0. The second-order valence-electron chi connectivity index (χ2n) is 10.7. The summed E-state index contributed by atoms with van der Waals surface area (Å²) in [5.74, 6) is 1.64. The van der Waals surface area contributed by atoms with Crippen LogP contribution in [0.3, 0.4) is 0 Å². The topological polar surface area (TPSA) is 60.7 Å². The summed E-state index contributed by atoms with van der Waals surface area (Å²) in [4.78, 5) is 0. The van der Waals surface area contributed by atoms with E-state index in [9.17, 15) is 15.3 Å². The highest BCUT2D eigenvalue weighted by Crippen LogP contribution is 2.59. The molecule has 30 heavy (non-hydrogen) atoms. The summed E-state index contributed by atoms with van der Waals surface area (Å²) in [6.07, 6.45) is 14.2. The minimum Gasteiger partial charge on any atom is -0.393 e. The van der Waals surface area contributed by atoms with Crippen molar-refractivity contribution < 1.29 is 15.3 Å². The molecule has 3 nitrogen and oxygen atoms in total. The average Bonchev–Trinajstić information content (AvgIpc) is 3.00. The zero-order valence-corrected chi connectivity index (χ0v) is 19.2. The van der Waals surface area contributed by atoms with Crippen molar-refractivity contribution >= 4 is 0 Å². The number of rotatable bonds is 4. The summed E-state index contributed by atoms with van der Waals surface area (Å²) in [6, 6.07) is 0. The van der Waals surface area contributed by atoms with Gasteiger partial charge in [-0.25, -0.2) is 0 Å². The quantitative estimate of drug-likeness (QED) is 0.553. The van der Waals surface area contributed by atoms with Gasteiger partial charge in [0.2, 0.25) is 0 Å². The molecule has 0 aromatic carbocycles. The van der Waals surface area contributed by atoms with Gasteiger partial charge >= 0.3 is 0 Å². The number of aliphatic hydroxyl groups excluding tert-OH is 2. The lowest BCUT2D eigenvalue weighted by atomic mass is 9.61. The van der Waals surface area contributed by atoms with Gasteiger partial charge in [0.25, 0.3) is 0 Å². The molecule has 0 aromatic heterocycles. The zero-order chi connectivity index (χ0) is 22.1. The van der Waals surface area contributed by atoms with Crippen molar-refractivity contribution in [1.29, 1.82) is 0 Å². The molecule has 0 aliphatic heterocycles. The fourth-order valence-electron chi connectivity index (χ4n) is 6.13. The fourth-order valence-corrected chi connectivity index (χ4v) is 6.13. The Labute approximate surface area is 182 Å². The standard InChI is InChI=1S/C27H40O3/c1-18(8-6-14-26(3,4)30)23-12-13-24-20(9-7-15-27(23,24)5)10-11-21-16-22(28)17-25(29)19(21)2/h8,10-11,14,18,22-25,28-30H,2,7,9,12-13,15-17H2,1,3-5H3/b20-10+,21-11-/t6?,18-,22-,23-,24+,25+,27-/m1/s1. The number of fused-ring (bicyclic) bond motifs is 1. The molecule has 0 spiro atoms. The second kappa shape index (κ2) is 9.01. The van der Waals surface area contributed by atoms with Crippen molar-refractivity contribution in [3.63, 3.8) is 0 Å². The Hall–Kier alpha value is -1.38. The van der Waals surface area contributed by atoms with Gasteiger partial charge in [-0.1, -0.05) is 38.2 Å². The Morgan fingerprint density at radius 3 is 2.67 bits per heavy atom. The number of allylic oxidation sites excluding steroid dienone is 3. The second-order valence-corrected chi connectivity index (χ2v) is 10.7. The van der Waals surface area contributed by atoms with Crippen LogP contribution in [0.2, 0.25) is 0 Å². The molecule has 0 saturated heterocycles. The third-order valence-corrected chi connectivity index (χ3v) is 7.73. The van der Waals surface area contributed by atoms with E-state index >= 15 is 0 Å². The van der Waals surface area contributed by atoms with Crippen LogP contribution in [0.4, 0.5) is 0 Å². The first kappa shape index (κ1) is 23.3. The molecule has 0 heterocycles. The SMILES string of the molecule is C=C1/C(=C\C=C2/CCC[C@]3(C)[C@@H]([C@H](C)C=C=CC(C)(C)O)CC[C@@H]23)C[C@@H](O)C[C@@H]1O. The van der Waals surface area contributed by atoms with Gasteiger partial charge in [-0.3, -0.25) is 0 Å². The Bertz CT molecular complexity index is 774. The van der Waals surface area contributed by atoms with E-state index in [0.29, 0.717) is 30.6 Å². The van der Waals surface area contributed by atoms with Crippen molar-refractivity contribution in [1.82, 2.24) is 0 Å². The molecular formula is C27H40O3. The lowest BCUT2D eigenvalue weighted by Crippen LogP contribution is -2.35. The molecule has 6 atom stereocenters. The van der Waals surface area contributed by atoms with Gasteiger partial charge in [-0.2, -0.15) is 0 Å². The van der Waals surface area contributed by atoms with E-state index in [1.54, 1.807) is 19.9 Å². The van der Waals surface area contributed by atoms with Crippen LogP contribution in [0.15, 0.2) is 53.3 Å². The molecular weight excluding hydrogens is 372 g/mol. The van der Waals surface area contributed by atoms with Gasteiger partial charge in [0, 0.05) is 6.42 Å². The first-order valence-corrected chi connectivity index (χ1v) is 11.6. The number of hydrogen-bond acceptors (Lipinski definition) is 3. The van der Waals surface area contributed by atoms with Gasteiger partial charge in [0.05, 0.1) is 17.8 Å². The van der Waals surface area contributed by atoms with Crippen LogP contribution >= 0.6 is 0 Å². The summed E-state index contributed by atoms with van der Waals surface area (Å²) in [5.41, 5.74) is 5.96. The Morgan fingerprint density at radius 2 is 1.97 bits per heavy atom. The molecule has 3 saturated carbocycles. The maximum absolute atomic E-state index is 10.1. The number of hydrogen-bond donors (Lipinski definition) is 3. The van der Waals surface area contributed by atoms with Crippen molar-refractivity contribution in [3.8, 4) is 0 Å². The van der Waals surface area contributed by atoms with E-state index in [0.717, 1.165) is 17.6 Å². The van der Waals surface area contributed by atoms with Gasteiger partial charge < -0.3 is 15.3 Å². The van der Waals surface area contributed by atoms with E-state index in [-0.39, 0.29) is 5.41 Å². The first-order valence-electron chi connectivity index (χ1n) is 11.6. The Kier molecular flexibility index (Phi) is 6.99. The van der Waals surface area contributed by atoms with Crippen molar-refractivity contribution in [2.24, 2.45) is 23.2 Å². The van der Waals surface area contributed by atoms with Gasteiger partial charge in [-0.15, -0.1) is 5.73 Å². The van der Waals surface area contributed by atoms with Crippen LogP contribution in [-0.4, -0.2) is 33.1 Å². The van der Waals surface area contributed by atoms with Crippen LogP contribution in [-0.2, 0) is 0 Å². The maximum Gasteiger partial charge on any atom is 0.0844 e. The average molecular weight is 413 g/mol. The normalized spacial score (nSPS) is 38.3. The molecule has 3 aliphatic carbocycles. The maximum atomic E-state index is 10.1. The molecule has 3 rings (SSSR count). The van der Waals surface area contributed by atoms with E-state index in [1.165, 1.54) is 31.3 Å². The van der Waals surface area contributed by atoms with Crippen LogP contribution in [0, 0.1) is 23.2 Å². The smallest absolute Gasteiger partial charge is 0.0844 e. The van der Waals surface area contributed by atoms with E-state index in [2.05, 4.69) is 44.4 Å². The highest BCUT2D eigenvalue weighted by Gasteiger charge is 2.50. The Balaban J connectivity index is 1.79. The van der Waals surface area contributed by atoms with Crippen molar-refractivity contribution in [2.75, 3.05) is 0 Å². The third-order valence-electron chi connectivity index (χ3n) is 7.73. The highest BCUT2D eigenvalue weighted by molar-refractivity contribution is 5.38. The molecule has 166 valence electrons.